The summed E-state index contributed by atoms with van der Waals surface area (Å²) in [6.07, 6.45) is 12.1. The first kappa shape index (κ1) is 18.3. The quantitative estimate of drug-likeness (QED) is 0.626. The summed E-state index contributed by atoms with van der Waals surface area (Å²) >= 11 is 0. The number of hydrogen-bond acceptors (Lipinski definition) is 2. The average molecular weight is 357 g/mol. The Kier molecular flexibility index (Phi) is 4.40. The Bertz CT molecular complexity index is 659. The van der Waals surface area contributed by atoms with Gasteiger partial charge in [-0.1, -0.05) is 26.8 Å². The lowest BCUT2D eigenvalue weighted by atomic mass is 9.46. The first-order valence-corrected chi connectivity index (χ1v) is 10.9. The van der Waals surface area contributed by atoms with Crippen LogP contribution in [0.3, 0.4) is 0 Å². The molecular weight excluding hydrogens is 320 g/mol. The molecule has 2 fully saturated rings. The Morgan fingerprint density at radius 3 is 2.69 bits per heavy atom. The molecule has 2 saturated carbocycles. The summed E-state index contributed by atoms with van der Waals surface area (Å²) in [4.78, 5) is 12.3. The minimum atomic E-state index is 0.249. The molecule has 0 aromatic heterocycles. The molecule has 1 unspecified atom stereocenters. The molecule has 0 spiro atoms. The van der Waals surface area contributed by atoms with Crippen molar-refractivity contribution in [1.82, 2.24) is 0 Å². The zero-order valence-corrected chi connectivity index (χ0v) is 17.3. The maximum Gasteiger partial charge on any atom is 0.133 e. The van der Waals surface area contributed by atoms with E-state index in [1.165, 1.54) is 37.0 Å². The van der Waals surface area contributed by atoms with E-state index in [1.54, 1.807) is 0 Å². The van der Waals surface area contributed by atoms with Gasteiger partial charge in [-0.15, -0.1) is 0 Å². The van der Waals surface area contributed by atoms with Crippen LogP contribution in [0.1, 0.15) is 73.1 Å². The molecule has 0 bridgehead atoms. The van der Waals surface area contributed by atoms with Crippen LogP contribution in [-0.4, -0.2) is 12.4 Å². The van der Waals surface area contributed by atoms with Gasteiger partial charge in [0.2, 0.25) is 0 Å². The number of rotatable bonds is 3. The molecule has 4 aliphatic rings. The van der Waals surface area contributed by atoms with Crippen molar-refractivity contribution in [2.75, 3.05) is 6.61 Å². The summed E-state index contributed by atoms with van der Waals surface area (Å²) in [5, 5.41) is 0. The zero-order chi connectivity index (χ0) is 18.7. The van der Waals surface area contributed by atoms with Crippen molar-refractivity contribution in [3.05, 3.63) is 23.5 Å². The second kappa shape index (κ2) is 6.24. The summed E-state index contributed by atoms with van der Waals surface area (Å²) in [5.74, 6) is 4.80. The molecule has 2 nitrogen and oxygen atoms in total. The average Bonchev–Trinajstić information content (AvgIpc) is 2.94. The number of allylic oxidation sites excluding steroid dienone is 4. The maximum absolute atomic E-state index is 12.3. The van der Waals surface area contributed by atoms with Crippen LogP contribution >= 0.6 is 0 Å². The van der Waals surface area contributed by atoms with Gasteiger partial charge < -0.3 is 4.74 Å². The normalized spacial score (nSPS) is 47.2. The second-order valence-electron chi connectivity index (χ2n) is 9.99. The second-order valence-corrected chi connectivity index (χ2v) is 9.99. The van der Waals surface area contributed by atoms with Crippen molar-refractivity contribution in [3.8, 4) is 0 Å². The largest absolute Gasteiger partial charge is 0.498 e. The SMILES string of the molecule is CCOC1=CC2=CC[C@H]3[C@@H]4CC[C@H](C(C)=O)[C@@]4(C)CC[C@@H]3[C@@]2(C)C(C)C1. The van der Waals surface area contributed by atoms with Crippen LogP contribution in [0.4, 0.5) is 0 Å². The molecule has 2 heteroatoms. The number of fused-ring (bicyclic) bond motifs is 5. The lowest BCUT2D eigenvalue weighted by molar-refractivity contribution is -0.127. The molecule has 144 valence electrons. The van der Waals surface area contributed by atoms with E-state index in [0.717, 1.165) is 37.2 Å². The predicted molar refractivity (Wildman–Crippen MR) is 106 cm³/mol. The van der Waals surface area contributed by atoms with Crippen LogP contribution in [0.15, 0.2) is 23.5 Å². The van der Waals surface area contributed by atoms with Crippen molar-refractivity contribution in [3.63, 3.8) is 0 Å². The Labute approximate surface area is 159 Å². The van der Waals surface area contributed by atoms with Gasteiger partial charge in [0.15, 0.2) is 0 Å². The van der Waals surface area contributed by atoms with Gasteiger partial charge >= 0.3 is 0 Å². The van der Waals surface area contributed by atoms with E-state index in [1.807, 2.05) is 6.92 Å². The molecule has 26 heavy (non-hydrogen) atoms. The third-order valence-electron chi connectivity index (χ3n) is 9.11. The highest BCUT2D eigenvalue weighted by atomic mass is 16.5. The molecule has 0 aromatic rings. The van der Waals surface area contributed by atoms with Gasteiger partial charge in [-0.25, -0.2) is 0 Å². The first-order valence-electron chi connectivity index (χ1n) is 10.9. The van der Waals surface area contributed by atoms with Gasteiger partial charge in [0.05, 0.1) is 12.4 Å². The number of hydrogen-bond donors (Lipinski definition) is 0. The fourth-order valence-corrected chi connectivity index (χ4v) is 7.62. The molecule has 4 aliphatic carbocycles. The molecule has 0 aliphatic heterocycles. The fourth-order valence-electron chi connectivity index (χ4n) is 7.62. The standard InChI is InChI=1S/C24H36O2/c1-6-26-18-13-15(2)24(5)17(14-18)7-8-19-21-10-9-20(16(3)25)23(21,4)12-11-22(19)24/h7,14-15,19-22H,6,8-13H2,1-5H3/t15?,19-,20+,21-,22-,23+,24-/m0/s1. The molecule has 0 N–H and O–H groups in total. The zero-order valence-electron chi connectivity index (χ0n) is 17.3. The first-order chi connectivity index (χ1) is 12.3. The number of ketones is 1. The Morgan fingerprint density at radius 1 is 1.23 bits per heavy atom. The van der Waals surface area contributed by atoms with E-state index < -0.39 is 0 Å². The third-order valence-corrected chi connectivity index (χ3v) is 9.11. The highest BCUT2D eigenvalue weighted by Gasteiger charge is 2.60. The van der Waals surface area contributed by atoms with Gasteiger partial charge in [0, 0.05) is 12.3 Å². The summed E-state index contributed by atoms with van der Waals surface area (Å²) < 4.78 is 5.89. The molecule has 0 aromatic carbocycles. The van der Waals surface area contributed by atoms with E-state index in [-0.39, 0.29) is 10.8 Å². The topological polar surface area (TPSA) is 26.3 Å². The van der Waals surface area contributed by atoms with Crippen LogP contribution < -0.4 is 0 Å². The third kappa shape index (κ3) is 2.39. The number of carbonyl (C=O) groups excluding carboxylic acids is 1. The van der Waals surface area contributed by atoms with Crippen molar-refractivity contribution in [2.45, 2.75) is 73.1 Å². The van der Waals surface area contributed by atoms with E-state index in [0.29, 0.717) is 17.6 Å². The van der Waals surface area contributed by atoms with Crippen LogP contribution in [0, 0.1) is 40.4 Å². The monoisotopic (exact) mass is 356 g/mol. The maximum atomic E-state index is 12.3. The van der Waals surface area contributed by atoms with Crippen LogP contribution in [0.25, 0.3) is 0 Å². The van der Waals surface area contributed by atoms with Gasteiger partial charge in [-0.3, -0.25) is 4.79 Å². The van der Waals surface area contributed by atoms with Gasteiger partial charge in [0.25, 0.3) is 0 Å². The highest BCUT2D eigenvalue weighted by molar-refractivity contribution is 5.79. The molecule has 0 saturated heterocycles. The number of Topliss-reactive ketones (excluding diaryl/α,β-unsaturated/α-hetero) is 1. The van der Waals surface area contributed by atoms with Gasteiger partial charge in [-0.2, -0.15) is 0 Å². The molecule has 4 rings (SSSR count). The molecule has 7 atom stereocenters. The summed E-state index contributed by atoms with van der Waals surface area (Å²) in [6, 6.07) is 0. The Balaban J connectivity index is 1.68. The lowest BCUT2D eigenvalue weighted by Gasteiger charge is -2.58. The van der Waals surface area contributed by atoms with E-state index in [4.69, 9.17) is 4.74 Å². The van der Waals surface area contributed by atoms with Gasteiger partial charge in [0.1, 0.15) is 5.78 Å². The Morgan fingerprint density at radius 2 is 2.00 bits per heavy atom. The molecule has 0 radical (unpaired) electrons. The van der Waals surface area contributed by atoms with E-state index in [9.17, 15) is 4.79 Å². The van der Waals surface area contributed by atoms with Crippen molar-refractivity contribution in [2.24, 2.45) is 40.4 Å². The smallest absolute Gasteiger partial charge is 0.133 e. The summed E-state index contributed by atoms with van der Waals surface area (Å²) in [7, 11) is 0. The van der Waals surface area contributed by atoms with Crippen molar-refractivity contribution >= 4 is 5.78 Å². The van der Waals surface area contributed by atoms with Crippen molar-refractivity contribution in [1.29, 1.82) is 0 Å². The Hall–Kier alpha value is -1.05. The highest BCUT2D eigenvalue weighted by Crippen LogP contribution is 2.66. The minimum absolute atomic E-state index is 0.249. The minimum Gasteiger partial charge on any atom is -0.498 e. The van der Waals surface area contributed by atoms with Crippen LogP contribution in [-0.2, 0) is 9.53 Å². The van der Waals surface area contributed by atoms with E-state index >= 15 is 0 Å². The van der Waals surface area contributed by atoms with Crippen molar-refractivity contribution < 1.29 is 9.53 Å². The molecule has 0 amide bonds. The number of ether oxygens (including phenoxy) is 1. The fraction of sp³-hybridized carbons (Fsp3) is 0.792. The predicted octanol–water partition coefficient (Wildman–Crippen LogP) is 5.93. The van der Waals surface area contributed by atoms with Crippen LogP contribution in [0.2, 0.25) is 0 Å². The molecular formula is C24H36O2. The van der Waals surface area contributed by atoms with Crippen LogP contribution in [0.5, 0.6) is 0 Å². The summed E-state index contributed by atoms with van der Waals surface area (Å²) in [6.45, 7) is 12.1. The van der Waals surface area contributed by atoms with E-state index in [2.05, 4.69) is 39.8 Å². The molecule has 0 heterocycles. The summed E-state index contributed by atoms with van der Waals surface area (Å²) in [5.41, 5.74) is 2.06. The van der Waals surface area contributed by atoms with Gasteiger partial charge in [-0.05, 0) is 92.1 Å². The lowest BCUT2D eigenvalue weighted by Crippen LogP contribution is -2.52. The number of carbonyl (C=O) groups is 1.